The number of nitrogens with zero attached hydrogens (tertiary/aromatic N) is 2. The zero-order valence-corrected chi connectivity index (χ0v) is 24.9. The molecule has 0 unspecified atom stereocenters. The fourth-order valence-electron chi connectivity index (χ4n) is 8.15. The molecule has 1 heterocycles. The maximum absolute atomic E-state index is 7.54. The van der Waals surface area contributed by atoms with Gasteiger partial charge in [-0.15, -0.1) is 0 Å². The molecule has 7 aromatic rings. The molecular weight excluding hydrogens is 544 g/mol. The van der Waals surface area contributed by atoms with Crippen LogP contribution >= 0.6 is 0 Å². The van der Waals surface area contributed by atoms with Crippen molar-refractivity contribution >= 4 is 38.6 Å². The van der Waals surface area contributed by atoms with Gasteiger partial charge in [0.2, 0.25) is 0 Å². The van der Waals surface area contributed by atoms with E-state index < -0.39 is 5.41 Å². The molecule has 1 aliphatic carbocycles. The summed E-state index contributed by atoms with van der Waals surface area (Å²) < 4.78 is 0. The molecule has 0 saturated carbocycles. The van der Waals surface area contributed by atoms with Crippen LogP contribution < -0.4 is 4.90 Å². The zero-order chi connectivity index (χ0) is 30.0. The molecule has 0 atom stereocenters. The Balaban J connectivity index is 1.38. The Morgan fingerprint density at radius 1 is 0.600 bits per heavy atom. The van der Waals surface area contributed by atoms with E-state index in [1.54, 1.807) is 0 Å². The van der Waals surface area contributed by atoms with Crippen molar-refractivity contribution in [3.8, 4) is 11.1 Å². The van der Waals surface area contributed by atoms with E-state index in [2.05, 4.69) is 149 Å². The summed E-state index contributed by atoms with van der Waals surface area (Å²) in [6.45, 7) is 8.50. The first-order chi connectivity index (χ1) is 22.3. The highest BCUT2D eigenvalue weighted by Crippen LogP contribution is 2.59. The molecule has 0 aromatic heterocycles. The summed E-state index contributed by atoms with van der Waals surface area (Å²) >= 11 is 0. The van der Waals surface area contributed by atoms with Gasteiger partial charge in [-0.1, -0.05) is 127 Å². The van der Waals surface area contributed by atoms with Gasteiger partial charge in [0.25, 0.3) is 0 Å². The second-order valence-corrected chi connectivity index (χ2v) is 12.3. The van der Waals surface area contributed by atoms with Gasteiger partial charge in [-0.25, -0.2) is 4.85 Å². The third kappa shape index (κ3) is 3.68. The van der Waals surface area contributed by atoms with Gasteiger partial charge in [-0.05, 0) is 91.5 Å². The topological polar surface area (TPSA) is 7.60 Å². The Morgan fingerprint density at radius 3 is 2.11 bits per heavy atom. The van der Waals surface area contributed by atoms with Crippen LogP contribution in [-0.2, 0) is 11.8 Å². The number of aryl methyl sites for hydroxylation is 1. The molecule has 0 fully saturated rings. The Morgan fingerprint density at radius 2 is 1.33 bits per heavy atom. The highest BCUT2D eigenvalue weighted by molar-refractivity contribution is 6.14. The van der Waals surface area contributed by atoms with Crippen LogP contribution in [0.25, 0.3) is 37.5 Å². The van der Waals surface area contributed by atoms with E-state index in [1.165, 1.54) is 71.9 Å². The zero-order valence-electron chi connectivity index (χ0n) is 24.9. The van der Waals surface area contributed by atoms with Crippen molar-refractivity contribution < 1.29 is 0 Å². The average Bonchev–Trinajstić information content (AvgIpc) is 3.42. The average molecular weight is 575 g/mol. The summed E-state index contributed by atoms with van der Waals surface area (Å²) in [6.07, 6.45) is 2.06. The monoisotopic (exact) mass is 574 g/mol. The van der Waals surface area contributed by atoms with Crippen molar-refractivity contribution in [2.75, 3.05) is 11.4 Å². The number of benzene rings is 7. The van der Waals surface area contributed by atoms with Crippen LogP contribution in [0.1, 0.15) is 34.2 Å². The largest absolute Gasteiger partial charge is 0.341 e. The van der Waals surface area contributed by atoms with Crippen LogP contribution in [0.2, 0.25) is 0 Å². The Bertz CT molecular complexity index is 2270. The molecule has 2 nitrogen and oxygen atoms in total. The molecule has 2 aliphatic rings. The minimum absolute atomic E-state index is 0.477. The van der Waals surface area contributed by atoms with Gasteiger partial charge >= 0.3 is 0 Å². The first-order valence-corrected chi connectivity index (χ1v) is 15.8. The van der Waals surface area contributed by atoms with Crippen molar-refractivity contribution in [1.29, 1.82) is 0 Å². The lowest BCUT2D eigenvalue weighted by Crippen LogP contribution is -2.29. The minimum Gasteiger partial charge on any atom is -0.341 e. The van der Waals surface area contributed by atoms with Crippen molar-refractivity contribution in [2.45, 2.75) is 18.3 Å². The summed E-state index contributed by atoms with van der Waals surface area (Å²) in [6, 6.07) is 53.5. The van der Waals surface area contributed by atoms with Gasteiger partial charge in [0.15, 0.2) is 5.69 Å². The number of fused-ring (bicyclic) bond motifs is 8. The fourth-order valence-corrected chi connectivity index (χ4v) is 8.15. The third-order valence-corrected chi connectivity index (χ3v) is 10.0. The molecule has 1 aliphatic heterocycles. The summed E-state index contributed by atoms with van der Waals surface area (Å²) in [5.74, 6) is 0. The molecule has 0 bridgehead atoms. The highest BCUT2D eigenvalue weighted by Gasteiger charge is 2.47. The van der Waals surface area contributed by atoms with Gasteiger partial charge in [0.1, 0.15) is 0 Å². The fraction of sp³-hybridized carbons (Fsp3) is 0.0930. The van der Waals surface area contributed by atoms with E-state index in [0.717, 1.165) is 19.4 Å². The number of hydrogen-bond donors (Lipinski definition) is 0. The number of anilines is 2. The van der Waals surface area contributed by atoms with E-state index in [1.807, 2.05) is 6.07 Å². The normalized spacial score (nSPS) is 14.5. The van der Waals surface area contributed by atoms with Crippen LogP contribution in [0, 0.1) is 6.57 Å². The molecular formula is C43H30N2. The summed E-state index contributed by atoms with van der Waals surface area (Å²) in [5, 5.41) is 5.14. The predicted molar refractivity (Wildman–Crippen MR) is 187 cm³/mol. The van der Waals surface area contributed by atoms with Gasteiger partial charge in [0, 0.05) is 17.9 Å². The number of rotatable bonds is 3. The minimum atomic E-state index is -0.477. The van der Waals surface area contributed by atoms with E-state index in [-0.39, 0.29) is 0 Å². The van der Waals surface area contributed by atoms with Crippen molar-refractivity contribution in [2.24, 2.45) is 0 Å². The van der Waals surface area contributed by atoms with Crippen LogP contribution in [-0.4, -0.2) is 6.54 Å². The van der Waals surface area contributed by atoms with Crippen LogP contribution in [0.15, 0.2) is 146 Å². The van der Waals surface area contributed by atoms with E-state index in [9.17, 15) is 0 Å². The smallest absolute Gasteiger partial charge is 0.187 e. The molecule has 9 rings (SSSR count). The number of hydrogen-bond acceptors (Lipinski definition) is 1. The lowest BCUT2D eigenvalue weighted by Gasteiger charge is -2.36. The van der Waals surface area contributed by atoms with Crippen LogP contribution in [0.5, 0.6) is 0 Å². The van der Waals surface area contributed by atoms with Gasteiger partial charge in [0.05, 0.1) is 12.0 Å². The maximum atomic E-state index is 7.54. The van der Waals surface area contributed by atoms with Crippen molar-refractivity contribution in [3.63, 3.8) is 0 Å². The van der Waals surface area contributed by atoms with Gasteiger partial charge < -0.3 is 4.90 Å². The molecule has 0 radical (unpaired) electrons. The van der Waals surface area contributed by atoms with E-state index >= 15 is 0 Å². The third-order valence-electron chi connectivity index (χ3n) is 10.0. The Labute approximate surface area is 263 Å². The quantitative estimate of drug-likeness (QED) is 0.150. The van der Waals surface area contributed by atoms with E-state index in [0.29, 0.717) is 5.69 Å². The van der Waals surface area contributed by atoms with Crippen LogP contribution in [0.3, 0.4) is 0 Å². The van der Waals surface area contributed by atoms with Crippen molar-refractivity contribution in [3.05, 3.63) is 185 Å². The van der Waals surface area contributed by atoms with Gasteiger partial charge in [-0.2, -0.15) is 0 Å². The van der Waals surface area contributed by atoms with Crippen LogP contribution in [0.4, 0.5) is 17.1 Å². The van der Waals surface area contributed by atoms with E-state index in [4.69, 9.17) is 6.57 Å². The standard InChI is InChI=1S/C43H30N2/c1-44-33-19-25-41-30(27-33)12-10-26-45(41)34-20-22-38-40(28-34)43(31-13-4-2-5-14-31,32-15-6-3-7-16-32)39-24-23-36-35-17-9-8-11-29(35)18-21-37(36)42(38)39/h2-9,11,13-25,27-28H,10,12,26H2. The SMILES string of the molecule is [C-]#[N+]c1ccc2c(c1)CCCN2c1ccc2c(c1)C(c1ccccc1)(c1ccccc1)c1ccc3c(ccc4ccccc43)c1-2. The maximum Gasteiger partial charge on any atom is 0.187 e. The van der Waals surface area contributed by atoms with Crippen molar-refractivity contribution in [1.82, 2.24) is 0 Å². The Hall–Kier alpha value is -5.65. The molecule has 7 aromatic carbocycles. The molecule has 0 N–H and O–H groups in total. The lowest BCUT2D eigenvalue weighted by molar-refractivity contribution is 0.756. The van der Waals surface area contributed by atoms with Gasteiger partial charge in [-0.3, -0.25) is 0 Å². The first kappa shape index (κ1) is 25.8. The molecule has 0 saturated heterocycles. The summed E-state index contributed by atoms with van der Waals surface area (Å²) in [5.41, 5.74) is 11.7. The molecule has 0 spiro atoms. The molecule has 212 valence electrons. The molecule has 0 amide bonds. The Kier molecular flexibility index (Phi) is 5.70. The first-order valence-electron chi connectivity index (χ1n) is 15.8. The lowest BCUT2D eigenvalue weighted by atomic mass is 9.67. The summed E-state index contributed by atoms with van der Waals surface area (Å²) in [4.78, 5) is 6.17. The second-order valence-electron chi connectivity index (χ2n) is 12.3. The molecule has 2 heteroatoms. The second kappa shape index (κ2) is 9.94. The molecule has 45 heavy (non-hydrogen) atoms. The highest BCUT2D eigenvalue weighted by atomic mass is 15.1. The predicted octanol–water partition coefficient (Wildman–Crippen LogP) is 11.0. The summed E-state index contributed by atoms with van der Waals surface area (Å²) in [7, 11) is 0.